The van der Waals surface area contributed by atoms with Gasteiger partial charge in [0.25, 0.3) is 11.8 Å². The SMILES string of the molecule is Cc1cnc(Nc2cc(C)n(C)n2)nc1-c1c[nH]c2c(N3Cc4c(cccc4-c4ccc(C(=O)N5CCC(=O)CC5)cc4)C3=O)cccc12. The first kappa shape index (κ1) is 30.2. The second kappa shape index (κ2) is 11.9. The number of carbonyl (C=O) groups is 3. The van der Waals surface area contributed by atoms with E-state index in [0.29, 0.717) is 55.4 Å². The van der Waals surface area contributed by atoms with Crippen molar-refractivity contribution in [2.24, 2.45) is 7.05 Å². The van der Waals surface area contributed by atoms with Crippen LogP contribution in [0.25, 0.3) is 33.3 Å². The zero-order valence-corrected chi connectivity index (χ0v) is 27.4. The third-order valence-corrected chi connectivity index (χ3v) is 9.58. The molecule has 11 heteroatoms. The number of piperidine rings is 1. The molecule has 1 saturated heterocycles. The molecule has 2 N–H and O–H groups in total. The van der Waals surface area contributed by atoms with Gasteiger partial charge < -0.3 is 20.1 Å². The zero-order valence-electron chi connectivity index (χ0n) is 27.4. The number of H-pyrrole nitrogens is 1. The van der Waals surface area contributed by atoms with E-state index in [2.05, 4.69) is 20.4 Å². The normalized spacial score (nSPS) is 14.5. The third kappa shape index (κ3) is 5.33. The van der Waals surface area contributed by atoms with Crippen molar-refractivity contribution in [1.82, 2.24) is 29.6 Å². The number of aromatic nitrogens is 5. The molecule has 2 amide bonds. The lowest BCUT2D eigenvalue weighted by Crippen LogP contribution is -2.38. The van der Waals surface area contributed by atoms with Gasteiger partial charge in [0, 0.05) is 79.2 Å². The summed E-state index contributed by atoms with van der Waals surface area (Å²) in [4.78, 5) is 55.0. The highest BCUT2D eigenvalue weighted by Gasteiger charge is 2.32. The second-order valence-electron chi connectivity index (χ2n) is 12.7. The van der Waals surface area contributed by atoms with E-state index in [9.17, 15) is 14.4 Å². The highest BCUT2D eigenvalue weighted by molar-refractivity contribution is 6.15. The molecule has 2 aliphatic heterocycles. The Morgan fingerprint density at radius 3 is 2.43 bits per heavy atom. The summed E-state index contributed by atoms with van der Waals surface area (Å²) in [6, 6.07) is 21.2. The van der Waals surface area contributed by atoms with Crippen LogP contribution in [0.2, 0.25) is 0 Å². The molecule has 0 unspecified atom stereocenters. The molecule has 2 aliphatic rings. The Balaban J connectivity index is 1.08. The van der Waals surface area contributed by atoms with Crippen LogP contribution in [0.15, 0.2) is 79.1 Å². The van der Waals surface area contributed by atoms with Crippen LogP contribution in [0.1, 0.15) is 50.4 Å². The molecule has 11 nitrogen and oxygen atoms in total. The van der Waals surface area contributed by atoms with Gasteiger partial charge in [-0.05, 0) is 60.4 Å². The molecule has 6 aromatic rings. The molecule has 49 heavy (non-hydrogen) atoms. The van der Waals surface area contributed by atoms with Crippen LogP contribution in [0.4, 0.5) is 17.5 Å². The van der Waals surface area contributed by atoms with Gasteiger partial charge in [0.1, 0.15) is 5.78 Å². The number of rotatable bonds is 6. The zero-order chi connectivity index (χ0) is 33.8. The van der Waals surface area contributed by atoms with Crippen molar-refractivity contribution in [3.05, 3.63) is 107 Å². The molecule has 3 aromatic heterocycles. The maximum atomic E-state index is 13.9. The predicted molar refractivity (Wildman–Crippen MR) is 188 cm³/mol. The van der Waals surface area contributed by atoms with Crippen molar-refractivity contribution >= 4 is 46.0 Å². The summed E-state index contributed by atoms with van der Waals surface area (Å²) in [5.74, 6) is 1.19. The monoisotopic (exact) mass is 650 g/mol. The lowest BCUT2D eigenvalue weighted by Gasteiger charge is -2.26. The predicted octanol–water partition coefficient (Wildman–Crippen LogP) is 6.35. The Kier molecular flexibility index (Phi) is 7.32. The summed E-state index contributed by atoms with van der Waals surface area (Å²) in [5, 5.41) is 8.62. The van der Waals surface area contributed by atoms with E-state index in [4.69, 9.17) is 4.98 Å². The van der Waals surface area contributed by atoms with Gasteiger partial charge in [-0.3, -0.25) is 19.1 Å². The molecule has 0 atom stereocenters. The largest absolute Gasteiger partial charge is 0.359 e. The summed E-state index contributed by atoms with van der Waals surface area (Å²) in [5.41, 5.74) is 9.33. The number of anilines is 3. The van der Waals surface area contributed by atoms with Crippen molar-refractivity contribution in [3.63, 3.8) is 0 Å². The summed E-state index contributed by atoms with van der Waals surface area (Å²) in [6.07, 6.45) is 4.55. The molecular weight excluding hydrogens is 616 g/mol. The minimum absolute atomic E-state index is 0.0648. The summed E-state index contributed by atoms with van der Waals surface area (Å²) in [6.45, 7) is 5.29. The van der Waals surface area contributed by atoms with Crippen molar-refractivity contribution in [1.29, 1.82) is 0 Å². The number of fused-ring (bicyclic) bond motifs is 2. The first-order valence-corrected chi connectivity index (χ1v) is 16.3. The number of hydrogen-bond donors (Lipinski definition) is 2. The van der Waals surface area contributed by atoms with Crippen LogP contribution in [-0.4, -0.2) is 60.3 Å². The van der Waals surface area contributed by atoms with Gasteiger partial charge in [0.2, 0.25) is 5.95 Å². The second-order valence-corrected chi connectivity index (χ2v) is 12.7. The van der Waals surface area contributed by atoms with Gasteiger partial charge in [-0.15, -0.1) is 0 Å². The van der Waals surface area contributed by atoms with E-state index < -0.39 is 0 Å². The molecule has 5 heterocycles. The number of para-hydroxylation sites is 1. The standard InChI is InChI=1S/C38H34N8O3/c1-22-19-40-38(41-33-18-23(2)44(3)43-33)42-34(22)30-20-39-35-28(30)7-5-9-32(35)46-21-31-27(6-4-8-29(31)37(46)49)24-10-12-25(13-11-24)36(48)45-16-14-26(47)15-17-45/h4-13,18-20,39H,14-17,21H2,1-3H3,(H,40,41,42,43). The lowest BCUT2D eigenvalue weighted by atomic mass is 9.96. The number of Topliss-reactive ketones (excluding diaryl/α,β-unsaturated/α-hetero) is 1. The molecule has 0 spiro atoms. The number of likely N-dealkylation sites (tertiary alicyclic amines) is 1. The summed E-state index contributed by atoms with van der Waals surface area (Å²) in [7, 11) is 1.89. The maximum absolute atomic E-state index is 13.9. The van der Waals surface area contributed by atoms with E-state index in [1.165, 1.54) is 0 Å². The average Bonchev–Trinajstić information content (AvgIpc) is 3.79. The van der Waals surface area contributed by atoms with E-state index in [1.54, 1.807) is 15.8 Å². The van der Waals surface area contributed by atoms with Crippen LogP contribution >= 0.6 is 0 Å². The molecule has 0 bridgehead atoms. The molecule has 244 valence electrons. The Bertz CT molecular complexity index is 2270. The highest BCUT2D eigenvalue weighted by Crippen LogP contribution is 2.40. The number of nitrogens with one attached hydrogen (secondary N) is 2. The van der Waals surface area contributed by atoms with Crippen LogP contribution in [0.5, 0.6) is 0 Å². The number of hydrogen-bond acceptors (Lipinski definition) is 7. The minimum atomic E-state index is -0.0673. The quantitative estimate of drug-likeness (QED) is 0.215. The van der Waals surface area contributed by atoms with Gasteiger partial charge in [-0.25, -0.2) is 9.97 Å². The summed E-state index contributed by atoms with van der Waals surface area (Å²) >= 11 is 0. The Morgan fingerprint density at radius 1 is 0.918 bits per heavy atom. The average molecular weight is 651 g/mol. The molecule has 3 aromatic carbocycles. The molecule has 0 saturated carbocycles. The fourth-order valence-corrected chi connectivity index (χ4v) is 6.80. The number of aryl methyl sites for hydroxylation is 3. The lowest BCUT2D eigenvalue weighted by molar-refractivity contribution is -0.120. The van der Waals surface area contributed by atoms with Crippen LogP contribution in [0, 0.1) is 13.8 Å². The minimum Gasteiger partial charge on any atom is -0.359 e. The fraction of sp³-hybridized carbons (Fsp3) is 0.211. The smallest absolute Gasteiger partial charge is 0.259 e. The van der Waals surface area contributed by atoms with E-state index in [0.717, 1.165) is 55.8 Å². The van der Waals surface area contributed by atoms with Crippen LogP contribution < -0.4 is 10.2 Å². The third-order valence-electron chi connectivity index (χ3n) is 9.58. The van der Waals surface area contributed by atoms with Crippen molar-refractivity contribution in [2.75, 3.05) is 23.3 Å². The number of carbonyl (C=O) groups excluding carboxylic acids is 3. The van der Waals surface area contributed by atoms with Gasteiger partial charge in [0.05, 0.1) is 23.4 Å². The number of nitrogens with zero attached hydrogens (tertiary/aromatic N) is 6. The van der Waals surface area contributed by atoms with E-state index in [-0.39, 0.29) is 17.6 Å². The number of ketones is 1. The Hall–Kier alpha value is -6.10. The number of aromatic amines is 1. The molecule has 1 fully saturated rings. The van der Waals surface area contributed by atoms with Gasteiger partial charge >= 0.3 is 0 Å². The van der Waals surface area contributed by atoms with E-state index >= 15 is 0 Å². The fourth-order valence-electron chi connectivity index (χ4n) is 6.80. The molecule has 0 aliphatic carbocycles. The Morgan fingerprint density at radius 2 is 1.67 bits per heavy atom. The Labute approximate surface area is 282 Å². The van der Waals surface area contributed by atoms with Crippen molar-refractivity contribution in [2.45, 2.75) is 33.2 Å². The van der Waals surface area contributed by atoms with Crippen LogP contribution in [-0.2, 0) is 18.4 Å². The van der Waals surface area contributed by atoms with Gasteiger partial charge in [0.15, 0.2) is 5.82 Å². The molecular formula is C38H34N8O3. The maximum Gasteiger partial charge on any atom is 0.259 e. The number of amides is 2. The van der Waals surface area contributed by atoms with E-state index in [1.807, 2.05) is 98.7 Å². The molecule has 8 rings (SSSR count). The van der Waals surface area contributed by atoms with Crippen molar-refractivity contribution in [3.8, 4) is 22.4 Å². The van der Waals surface area contributed by atoms with Gasteiger partial charge in [-0.1, -0.05) is 36.4 Å². The summed E-state index contributed by atoms with van der Waals surface area (Å²) < 4.78 is 1.79. The van der Waals surface area contributed by atoms with Crippen molar-refractivity contribution < 1.29 is 14.4 Å². The first-order valence-electron chi connectivity index (χ1n) is 16.3. The van der Waals surface area contributed by atoms with Crippen LogP contribution in [0.3, 0.4) is 0 Å². The topological polar surface area (TPSA) is 129 Å². The number of benzene rings is 3. The molecule has 0 radical (unpaired) electrons. The highest BCUT2D eigenvalue weighted by atomic mass is 16.2. The van der Waals surface area contributed by atoms with Gasteiger partial charge in [-0.2, -0.15) is 5.10 Å². The first-order chi connectivity index (χ1) is 23.7.